The molecule has 0 aromatic heterocycles. The Labute approximate surface area is 183 Å². The Balaban J connectivity index is 1.75. The maximum atomic E-state index is 13.1. The number of nitriles is 1. The number of carbonyl (C=O) groups excluding carboxylic acids is 2. The van der Waals surface area contributed by atoms with Crippen molar-refractivity contribution in [2.45, 2.75) is 13.8 Å². The zero-order valence-electron chi connectivity index (χ0n) is 17.5. The van der Waals surface area contributed by atoms with E-state index in [1.54, 1.807) is 19.9 Å². The van der Waals surface area contributed by atoms with E-state index in [-0.39, 0.29) is 17.8 Å². The normalized spacial score (nSPS) is 16.2. The number of hydrogen-bond donors (Lipinski definition) is 0. The van der Waals surface area contributed by atoms with Crippen LogP contribution in [0.1, 0.15) is 19.4 Å². The van der Waals surface area contributed by atoms with E-state index in [4.69, 9.17) is 9.88 Å². The van der Waals surface area contributed by atoms with Crippen molar-refractivity contribution in [3.63, 3.8) is 0 Å². The van der Waals surface area contributed by atoms with Crippen LogP contribution in [0, 0.1) is 11.3 Å². The molecule has 0 fully saturated rings. The third-order valence-corrected chi connectivity index (χ3v) is 5.81. The van der Waals surface area contributed by atoms with Crippen LogP contribution in [0.4, 0.5) is 0 Å². The zero-order chi connectivity index (χ0) is 22.4. The van der Waals surface area contributed by atoms with E-state index in [0.29, 0.717) is 10.6 Å². The summed E-state index contributed by atoms with van der Waals surface area (Å²) < 4.78 is 0. The molecule has 0 radical (unpaired) electrons. The summed E-state index contributed by atoms with van der Waals surface area (Å²) >= 11 is 0. The van der Waals surface area contributed by atoms with Gasteiger partial charge >= 0.3 is 0 Å². The van der Waals surface area contributed by atoms with Crippen molar-refractivity contribution in [1.29, 1.82) is 5.26 Å². The lowest BCUT2D eigenvalue weighted by Gasteiger charge is -2.24. The van der Waals surface area contributed by atoms with E-state index >= 15 is 0 Å². The Morgan fingerprint density at radius 2 is 1.59 bits per heavy atom. The van der Waals surface area contributed by atoms with Crippen molar-refractivity contribution in [3.05, 3.63) is 76.9 Å². The van der Waals surface area contributed by atoms with Crippen molar-refractivity contribution in [1.82, 2.24) is 5.06 Å². The molecule has 0 aliphatic carbocycles. The molecule has 1 heterocycles. The lowest BCUT2D eigenvalue weighted by Crippen LogP contribution is -2.42. The second kappa shape index (κ2) is 7.57. The van der Waals surface area contributed by atoms with E-state index in [1.165, 1.54) is 5.39 Å². The van der Waals surface area contributed by atoms with Crippen molar-refractivity contribution in [2.24, 2.45) is 0 Å². The molecule has 4 aromatic carbocycles. The maximum Gasteiger partial charge on any atom is 0.298 e. The van der Waals surface area contributed by atoms with Gasteiger partial charge in [-0.2, -0.15) is 5.26 Å². The average molecular weight is 422 g/mol. The molecule has 0 saturated carbocycles. The SMILES string of the molecule is CCOON1C(=O)C(C#N)=C(C)/C(=C\c2ccc3ccc4cccc5ccc2c3c45)C1=O. The Morgan fingerprint density at radius 1 is 0.938 bits per heavy atom. The average Bonchev–Trinajstić information content (AvgIpc) is 2.81. The Bertz CT molecular complexity index is 1510. The molecule has 6 nitrogen and oxygen atoms in total. The summed E-state index contributed by atoms with van der Waals surface area (Å²) in [6.07, 6.45) is 1.70. The molecule has 0 saturated heterocycles. The van der Waals surface area contributed by atoms with Crippen molar-refractivity contribution < 1.29 is 19.5 Å². The second-order valence-electron chi connectivity index (χ2n) is 7.57. The molecule has 1 aliphatic rings. The molecule has 0 atom stereocenters. The lowest BCUT2D eigenvalue weighted by atomic mass is 9.89. The molecule has 32 heavy (non-hydrogen) atoms. The first-order chi connectivity index (χ1) is 15.5. The number of imide groups is 1. The molecule has 2 amide bonds. The van der Waals surface area contributed by atoms with E-state index in [2.05, 4.69) is 30.3 Å². The molecule has 0 unspecified atom stereocenters. The predicted molar refractivity (Wildman–Crippen MR) is 121 cm³/mol. The number of hydroxylamine groups is 2. The highest BCUT2D eigenvalue weighted by atomic mass is 17.3. The van der Waals surface area contributed by atoms with Gasteiger partial charge in [-0.3, -0.25) is 9.59 Å². The van der Waals surface area contributed by atoms with Crippen LogP contribution in [0.15, 0.2) is 71.3 Å². The molecule has 0 spiro atoms. The van der Waals surface area contributed by atoms with Crippen LogP contribution < -0.4 is 0 Å². The number of amides is 2. The number of hydrogen-bond acceptors (Lipinski definition) is 5. The second-order valence-corrected chi connectivity index (χ2v) is 7.57. The van der Waals surface area contributed by atoms with Crippen LogP contribution in [0.2, 0.25) is 0 Å². The summed E-state index contributed by atoms with van der Waals surface area (Å²) in [5.74, 6) is -1.51. The molecule has 6 heteroatoms. The first-order valence-corrected chi connectivity index (χ1v) is 10.2. The summed E-state index contributed by atoms with van der Waals surface area (Å²) in [6, 6.07) is 20.3. The van der Waals surface area contributed by atoms with Gasteiger partial charge in [-0.1, -0.05) is 54.6 Å². The minimum Gasteiger partial charge on any atom is -0.266 e. The first-order valence-electron chi connectivity index (χ1n) is 10.2. The topological polar surface area (TPSA) is 79.6 Å². The van der Waals surface area contributed by atoms with Crippen LogP contribution in [-0.2, 0) is 19.5 Å². The fourth-order valence-electron chi connectivity index (χ4n) is 4.27. The van der Waals surface area contributed by atoms with Gasteiger partial charge in [0.1, 0.15) is 11.6 Å². The van der Waals surface area contributed by atoms with Crippen LogP contribution in [0.5, 0.6) is 0 Å². The summed E-state index contributed by atoms with van der Waals surface area (Å²) in [4.78, 5) is 35.3. The Kier molecular flexibility index (Phi) is 4.71. The number of rotatable bonds is 4. The monoisotopic (exact) mass is 422 g/mol. The van der Waals surface area contributed by atoms with Crippen molar-refractivity contribution >= 4 is 50.2 Å². The molecule has 156 valence electrons. The van der Waals surface area contributed by atoms with Gasteiger partial charge in [0.15, 0.2) is 0 Å². The minimum atomic E-state index is -0.837. The number of benzene rings is 4. The predicted octanol–water partition coefficient (Wildman–Crippen LogP) is 5.06. The highest BCUT2D eigenvalue weighted by Crippen LogP contribution is 2.37. The summed E-state index contributed by atoms with van der Waals surface area (Å²) in [5, 5.41) is 16.6. The van der Waals surface area contributed by atoms with E-state index in [9.17, 15) is 14.9 Å². The van der Waals surface area contributed by atoms with Gasteiger partial charge in [-0.25, -0.2) is 4.89 Å². The maximum absolute atomic E-state index is 13.1. The van der Waals surface area contributed by atoms with Crippen LogP contribution >= 0.6 is 0 Å². The van der Waals surface area contributed by atoms with Crippen LogP contribution in [0.25, 0.3) is 38.4 Å². The first kappa shape index (κ1) is 19.9. The largest absolute Gasteiger partial charge is 0.298 e. The van der Waals surface area contributed by atoms with Crippen LogP contribution in [0.3, 0.4) is 0 Å². The number of carbonyl (C=O) groups is 2. The minimum absolute atomic E-state index is 0.135. The zero-order valence-corrected chi connectivity index (χ0v) is 17.5. The van der Waals surface area contributed by atoms with Gasteiger partial charge in [0.05, 0.1) is 6.61 Å². The van der Waals surface area contributed by atoms with E-state index in [0.717, 1.165) is 32.5 Å². The molecular formula is C26H18N2O4. The highest BCUT2D eigenvalue weighted by molar-refractivity contribution is 6.25. The smallest absolute Gasteiger partial charge is 0.266 e. The summed E-state index contributed by atoms with van der Waals surface area (Å²) in [5.41, 5.74) is 1.16. The molecular weight excluding hydrogens is 404 g/mol. The van der Waals surface area contributed by atoms with Gasteiger partial charge in [-0.05, 0) is 63.4 Å². The Hall–Kier alpha value is -4.05. The summed E-state index contributed by atoms with van der Waals surface area (Å²) in [7, 11) is 0. The Morgan fingerprint density at radius 3 is 2.28 bits per heavy atom. The van der Waals surface area contributed by atoms with Gasteiger partial charge in [0, 0.05) is 5.57 Å². The van der Waals surface area contributed by atoms with E-state index in [1.807, 2.05) is 30.3 Å². The van der Waals surface area contributed by atoms with Gasteiger partial charge in [0.2, 0.25) is 0 Å². The standard InChI is InChI=1S/C26H18N2O4/c1-3-31-32-28-25(29)21(15(2)22(14-27)26(28)30)13-19-10-9-18-8-7-16-5-4-6-17-11-12-20(19)24(18)23(16)17/h4-13H,3H2,1-2H3/b21-13+. The third kappa shape index (κ3) is 2.88. The van der Waals surface area contributed by atoms with Crippen molar-refractivity contribution in [2.75, 3.05) is 6.61 Å². The molecule has 5 rings (SSSR count). The third-order valence-electron chi connectivity index (χ3n) is 5.81. The van der Waals surface area contributed by atoms with Gasteiger partial charge in [0.25, 0.3) is 11.8 Å². The fourth-order valence-corrected chi connectivity index (χ4v) is 4.27. The highest BCUT2D eigenvalue weighted by Gasteiger charge is 2.37. The lowest BCUT2D eigenvalue weighted by molar-refractivity contribution is -0.392. The molecule has 0 N–H and O–H groups in total. The van der Waals surface area contributed by atoms with E-state index < -0.39 is 11.8 Å². The quantitative estimate of drug-likeness (QED) is 0.151. The molecule has 0 bridgehead atoms. The molecule has 1 aliphatic heterocycles. The molecule has 4 aromatic rings. The van der Waals surface area contributed by atoms with Gasteiger partial charge in [-0.15, -0.1) is 10.1 Å². The fraction of sp³-hybridized carbons (Fsp3) is 0.115. The summed E-state index contributed by atoms with van der Waals surface area (Å²) in [6.45, 7) is 3.39. The van der Waals surface area contributed by atoms with Crippen LogP contribution in [-0.4, -0.2) is 23.5 Å². The van der Waals surface area contributed by atoms with Crippen molar-refractivity contribution in [3.8, 4) is 6.07 Å². The number of nitrogens with zero attached hydrogens (tertiary/aromatic N) is 2. The van der Waals surface area contributed by atoms with Gasteiger partial charge < -0.3 is 0 Å².